The van der Waals surface area contributed by atoms with E-state index < -0.39 is 28.4 Å². The summed E-state index contributed by atoms with van der Waals surface area (Å²) in [6, 6.07) is 11.2. The summed E-state index contributed by atoms with van der Waals surface area (Å²) in [6.07, 6.45) is 2.82. The topological polar surface area (TPSA) is 110 Å². The molecule has 2 N–H and O–H groups in total. The molecule has 1 heterocycles. The van der Waals surface area contributed by atoms with Gasteiger partial charge >= 0.3 is 0 Å². The van der Waals surface area contributed by atoms with E-state index in [4.69, 9.17) is 4.74 Å². The first-order chi connectivity index (χ1) is 13.8. The Kier molecular flexibility index (Phi) is 6.39. The van der Waals surface area contributed by atoms with E-state index in [9.17, 15) is 17.6 Å². The molecule has 0 saturated heterocycles. The van der Waals surface area contributed by atoms with Crippen LogP contribution in [0.1, 0.15) is 0 Å². The van der Waals surface area contributed by atoms with Crippen LogP contribution in [0.4, 0.5) is 16.0 Å². The number of carbonyl (C=O) groups is 1. The minimum absolute atomic E-state index is 0.0314. The summed E-state index contributed by atoms with van der Waals surface area (Å²) < 4.78 is 46.2. The molecule has 150 valence electrons. The van der Waals surface area contributed by atoms with Crippen LogP contribution in [-0.4, -0.2) is 30.9 Å². The lowest BCUT2D eigenvalue weighted by molar-refractivity contribution is -0.118. The van der Waals surface area contributed by atoms with Crippen LogP contribution < -0.4 is 14.8 Å². The van der Waals surface area contributed by atoms with E-state index in [1.54, 1.807) is 12.1 Å². The lowest BCUT2D eigenvalue weighted by atomic mass is 10.3. The molecule has 0 atom stereocenters. The minimum Gasteiger partial charge on any atom is -0.481 e. The van der Waals surface area contributed by atoms with Gasteiger partial charge in [0, 0.05) is 22.6 Å². The van der Waals surface area contributed by atoms with E-state index in [-0.39, 0.29) is 16.6 Å². The van der Waals surface area contributed by atoms with Crippen LogP contribution in [0.5, 0.6) is 5.75 Å². The number of aromatic nitrogens is 2. The maximum absolute atomic E-state index is 13.7. The van der Waals surface area contributed by atoms with Crippen molar-refractivity contribution in [2.45, 2.75) is 4.90 Å². The van der Waals surface area contributed by atoms with E-state index in [0.29, 0.717) is 10.2 Å². The zero-order valence-electron chi connectivity index (χ0n) is 14.7. The second-order valence-electron chi connectivity index (χ2n) is 5.61. The van der Waals surface area contributed by atoms with E-state index in [1.807, 2.05) is 0 Å². The van der Waals surface area contributed by atoms with Crippen molar-refractivity contribution in [2.24, 2.45) is 0 Å². The van der Waals surface area contributed by atoms with Crippen molar-refractivity contribution in [1.29, 1.82) is 0 Å². The summed E-state index contributed by atoms with van der Waals surface area (Å²) in [5.41, 5.74) is 0.352. The van der Waals surface area contributed by atoms with Gasteiger partial charge in [-0.1, -0.05) is 15.9 Å². The fourth-order valence-corrected chi connectivity index (χ4v) is 3.47. The number of sulfonamides is 1. The molecule has 0 radical (unpaired) electrons. The first kappa shape index (κ1) is 20.7. The molecule has 0 aliphatic heterocycles. The van der Waals surface area contributed by atoms with E-state index in [2.05, 4.69) is 35.9 Å². The summed E-state index contributed by atoms with van der Waals surface area (Å²) in [4.78, 5) is 19.5. The van der Waals surface area contributed by atoms with E-state index >= 15 is 0 Å². The van der Waals surface area contributed by atoms with E-state index in [1.165, 1.54) is 48.8 Å². The Morgan fingerprint density at radius 2 is 1.79 bits per heavy atom. The number of nitrogens with one attached hydrogen (secondary N) is 2. The third-order valence-corrected chi connectivity index (χ3v) is 5.33. The zero-order valence-corrected chi connectivity index (χ0v) is 17.1. The zero-order chi connectivity index (χ0) is 20.9. The van der Waals surface area contributed by atoms with E-state index in [0.717, 1.165) is 0 Å². The van der Waals surface area contributed by atoms with Crippen LogP contribution >= 0.6 is 15.9 Å². The van der Waals surface area contributed by atoms with Gasteiger partial charge in [-0.15, -0.1) is 0 Å². The predicted octanol–water partition coefficient (Wildman–Crippen LogP) is 3.20. The monoisotopic (exact) mass is 480 g/mol. The van der Waals surface area contributed by atoms with Crippen LogP contribution in [-0.2, 0) is 14.8 Å². The molecule has 0 aliphatic carbocycles. The van der Waals surface area contributed by atoms with Crippen LogP contribution in [0.15, 0.2) is 70.3 Å². The van der Waals surface area contributed by atoms with Crippen molar-refractivity contribution in [1.82, 2.24) is 9.97 Å². The first-order valence-electron chi connectivity index (χ1n) is 8.11. The van der Waals surface area contributed by atoms with Crippen LogP contribution in [0, 0.1) is 5.82 Å². The molecule has 3 rings (SSSR count). The minimum atomic E-state index is -3.87. The number of amides is 1. The molecule has 0 fully saturated rings. The molecular formula is C18H14BrFN4O4S. The number of benzene rings is 2. The molecule has 11 heteroatoms. The molecule has 3 aromatic rings. The van der Waals surface area contributed by atoms with Gasteiger partial charge in [-0.3, -0.25) is 4.79 Å². The average Bonchev–Trinajstić information content (AvgIpc) is 2.68. The van der Waals surface area contributed by atoms with Gasteiger partial charge in [0.15, 0.2) is 18.2 Å². The Bertz CT molecular complexity index is 1110. The number of hydrogen-bond acceptors (Lipinski definition) is 6. The third-order valence-electron chi connectivity index (χ3n) is 3.49. The number of ether oxygens (including phenoxy) is 1. The van der Waals surface area contributed by atoms with Crippen molar-refractivity contribution < 1.29 is 22.3 Å². The largest absolute Gasteiger partial charge is 0.481 e. The Balaban J connectivity index is 1.59. The Morgan fingerprint density at radius 1 is 1.10 bits per heavy atom. The Morgan fingerprint density at radius 3 is 2.45 bits per heavy atom. The summed E-state index contributed by atoms with van der Waals surface area (Å²) in [7, 11) is -3.87. The summed E-state index contributed by atoms with van der Waals surface area (Å²) >= 11 is 3.13. The second-order valence-corrected chi connectivity index (χ2v) is 8.21. The average molecular weight is 481 g/mol. The molecule has 1 aromatic heterocycles. The van der Waals surface area contributed by atoms with Crippen LogP contribution in [0.2, 0.25) is 0 Å². The highest BCUT2D eigenvalue weighted by molar-refractivity contribution is 9.10. The van der Waals surface area contributed by atoms with Gasteiger partial charge in [-0.2, -0.15) is 0 Å². The van der Waals surface area contributed by atoms with Crippen molar-refractivity contribution in [3.8, 4) is 5.75 Å². The number of halogens is 2. The summed E-state index contributed by atoms with van der Waals surface area (Å²) in [6.45, 7) is -0.411. The fraction of sp³-hybridized carbons (Fsp3) is 0.0556. The molecule has 0 spiro atoms. The Labute approximate surface area is 174 Å². The highest BCUT2D eigenvalue weighted by atomic mass is 79.9. The maximum Gasteiger partial charge on any atom is 0.264 e. The fourth-order valence-electron chi connectivity index (χ4n) is 2.18. The molecular weight excluding hydrogens is 467 g/mol. The van der Waals surface area contributed by atoms with Crippen LogP contribution in [0.3, 0.4) is 0 Å². The van der Waals surface area contributed by atoms with Gasteiger partial charge in [0.25, 0.3) is 15.9 Å². The van der Waals surface area contributed by atoms with Gasteiger partial charge in [0.2, 0.25) is 5.95 Å². The molecule has 0 aliphatic rings. The van der Waals surface area contributed by atoms with Crippen molar-refractivity contribution in [2.75, 3.05) is 16.6 Å². The first-order valence-corrected chi connectivity index (χ1v) is 10.4. The van der Waals surface area contributed by atoms with Gasteiger partial charge in [-0.05, 0) is 48.5 Å². The normalized spacial score (nSPS) is 11.0. The molecule has 2 aromatic carbocycles. The van der Waals surface area contributed by atoms with Gasteiger partial charge < -0.3 is 10.1 Å². The van der Waals surface area contributed by atoms with Crippen molar-refractivity contribution in [3.63, 3.8) is 0 Å². The smallest absolute Gasteiger partial charge is 0.264 e. The molecule has 8 nitrogen and oxygen atoms in total. The van der Waals surface area contributed by atoms with Crippen LogP contribution in [0.25, 0.3) is 0 Å². The number of rotatable bonds is 7. The predicted molar refractivity (Wildman–Crippen MR) is 108 cm³/mol. The van der Waals surface area contributed by atoms with Gasteiger partial charge in [0.05, 0.1) is 4.90 Å². The highest BCUT2D eigenvalue weighted by Gasteiger charge is 2.15. The highest BCUT2D eigenvalue weighted by Crippen LogP contribution is 2.21. The second kappa shape index (κ2) is 8.97. The maximum atomic E-state index is 13.7. The standard InChI is InChI=1S/C18H14BrFN4O4S/c19-12-2-7-16(15(20)10-12)28-11-17(25)23-13-3-5-14(6-4-13)29(26,27)24-18-21-8-1-9-22-18/h1-10H,11H2,(H,23,25)(H,21,22,24). The van der Waals surface area contributed by atoms with Gasteiger partial charge in [-0.25, -0.2) is 27.5 Å². The Hall–Kier alpha value is -3.05. The number of hydrogen-bond donors (Lipinski definition) is 2. The lowest BCUT2D eigenvalue weighted by Crippen LogP contribution is -2.20. The quantitative estimate of drug-likeness (QED) is 0.537. The lowest BCUT2D eigenvalue weighted by Gasteiger charge is -2.10. The molecule has 0 saturated carbocycles. The molecule has 29 heavy (non-hydrogen) atoms. The number of anilines is 2. The number of carbonyl (C=O) groups excluding carboxylic acids is 1. The third kappa shape index (κ3) is 5.72. The SMILES string of the molecule is O=C(COc1ccc(Br)cc1F)Nc1ccc(S(=O)(=O)Nc2ncccn2)cc1. The molecule has 1 amide bonds. The number of nitrogens with zero attached hydrogens (tertiary/aromatic N) is 2. The summed E-state index contributed by atoms with van der Waals surface area (Å²) in [5.74, 6) is -1.24. The summed E-state index contributed by atoms with van der Waals surface area (Å²) in [5, 5.41) is 2.54. The molecule has 0 unspecified atom stereocenters. The van der Waals surface area contributed by atoms with Gasteiger partial charge in [0.1, 0.15) is 0 Å². The van der Waals surface area contributed by atoms with Crippen molar-refractivity contribution in [3.05, 3.63) is 71.2 Å². The molecule has 0 bridgehead atoms. The van der Waals surface area contributed by atoms with Crippen molar-refractivity contribution >= 4 is 43.5 Å².